The Morgan fingerprint density at radius 3 is 0.833 bits per heavy atom. The fourth-order valence-corrected chi connectivity index (χ4v) is 3.63. The lowest BCUT2D eigenvalue weighted by Crippen LogP contribution is -2.16. The van der Waals surface area contributed by atoms with Crippen molar-refractivity contribution in [2.45, 2.75) is 24.7 Å². The second kappa shape index (κ2) is 7.61. The molecule has 0 heterocycles. The van der Waals surface area contributed by atoms with Crippen molar-refractivity contribution in [3.8, 4) is 11.1 Å². The molecule has 0 radical (unpaired) electrons. The molecule has 0 nitrogen and oxygen atoms in total. The van der Waals surface area contributed by atoms with Crippen LogP contribution in [0.4, 0.5) is 52.7 Å². The number of hydrogen-bond donors (Lipinski definition) is 0. The van der Waals surface area contributed by atoms with E-state index < -0.39 is 79.2 Å². The molecule has 2 rings (SSSR count). The third-order valence-corrected chi connectivity index (χ3v) is 5.04. The second-order valence-corrected chi connectivity index (χ2v) is 7.45. The number of benzene rings is 2. The van der Waals surface area contributed by atoms with Crippen molar-refractivity contribution in [1.82, 2.24) is 0 Å². The largest absolute Gasteiger partial charge is 0.417 e. The minimum absolute atomic E-state index is 0.135. The average Bonchev–Trinajstić information content (AvgIpc) is 2.49. The van der Waals surface area contributed by atoms with Crippen molar-refractivity contribution in [3.63, 3.8) is 0 Å². The predicted octanol–water partition coefficient (Wildman–Crippen LogP) is 8.95. The van der Waals surface area contributed by atoms with Crippen molar-refractivity contribution in [1.29, 1.82) is 0 Å². The molecule has 0 aromatic heterocycles. The van der Waals surface area contributed by atoms with Crippen LogP contribution in [0.1, 0.15) is 22.3 Å². The van der Waals surface area contributed by atoms with E-state index in [9.17, 15) is 52.7 Å². The van der Waals surface area contributed by atoms with Crippen LogP contribution >= 0.6 is 31.9 Å². The number of hydrogen-bond acceptors (Lipinski definition) is 0. The molecule has 2 aromatic carbocycles. The van der Waals surface area contributed by atoms with Crippen LogP contribution in [0.25, 0.3) is 11.1 Å². The van der Waals surface area contributed by atoms with Crippen molar-refractivity contribution in [2.75, 3.05) is 0 Å². The molecule has 0 unspecified atom stereocenters. The molecular weight excluding hydrogens is 580 g/mol. The summed E-state index contributed by atoms with van der Waals surface area (Å²) < 4.78 is 156. The Balaban J connectivity index is 3.00. The van der Waals surface area contributed by atoms with Gasteiger partial charge in [0.1, 0.15) is 0 Å². The minimum Gasteiger partial charge on any atom is -0.166 e. The topological polar surface area (TPSA) is 0 Å². The molecule has 0 spiro atoms. The van der Waals surface area contributed by atoms with Crippen LogP contribution < -0.4 is 0 Å². The zero-order chi connectivity index (χ0) is 23.4. The first-order valence-corrected chi connectivity index (χ1v) is 8.79. The van der Waals surface area contributed by atoms with Crippen molar-refractivity contribution in [3.05, 3.63) is 55.5 Å². The molecule has 0 atom stereocenters. The molecule has 14 heteroatoms. The van der Waals surface area contributed by atoms with Gasteiger partial charge in [-0.2, -0.15) is 52.7 Å². The van der Waals surface area contributed by atoms with Gasteiger partial charge in [0, 0.05) is 8.95 Å². The molecule has 0 aliphatic rings. The maximum absolute atomic E-state index is 13.4. The first-order chi connectivity index (χ1) is 13.2. The molecule has 0 aliphatic heterocycles. The van der Waals surface area contributed by atoms with Gasteiger partial charge >= 0.3 is 24.7 Å². The molecule has 0 saturated heterocycles. The lowest BCUT2D eigenvalue weighted by molar-refractivity contribution is -0.145. The van der Waals surface area contributed by atoms with Gasteiger partial charge in [-0.25, -0.2) is 0 Å². The highest BCUT2D eigenvalue weighted by molar-refractivity contribution is 9.10. The summed E-state index contributed by atoms with van der Waals surface area (Å²) in [6, 6.07) is -0.553. The highest BCUT2D eigenvalue weighted by Crippen LogP contribution is 2.49. The van der Waals surface area contributed by atoms with Crippen LogP contribution in [0.5, 0.6) is 0 Å². The van der Waals surface area contributed by atoms with Gasteiger partial charge in [-0.05, 0) is 35.4 Å². The maximum atomic E-state index is 13.4. The molecule has 2 aromatic rings. The second-order valence-electron chi connectivity index (χ2n) is 5.75. The summed E-state index contributed by atoms with van der Waals surface area (Å²) in [4.78, 5) is 0. The van der Waals surface area contributed by atoms with Gasteiger partial charge in [0.15, 0.2) is 0 Å². The monoisotopic (exact) mass is 582 g/mol. The molecular formula is C16H4Br2F12. The summed E-state index contributed by atoms with van der Waals surface area (Å²) in [6.07, 6.45) is -21.7. The molecule has 0 N–H and O–H groups in total. The molecule has 0 bridgehead atoms. The summed E-state index contributed by atoms with van der Waals surface area (Å²) in [5, 5.41) is 0. The van der Waals surface area contributed by atoms with E-state index in [1.807, 2.05) is 0 Å². The Morgan fingerprint density at radius 2 is 0.633 bits per heavy atom. The average molecular weight is 584 g/mol. The van der Waals surface area contributed by atoms with Crippen molar-refractivity contribution < 1.29 is 52.7 Å². The number of alkyl halides is 12. The fraction of sp³-hybridized carbons (Fsp3) is 0.250. The lowest BCUT2D eigenvalue weighted by Gasteiger charge is -2.22. The van der Waals surface area contributed by atoms with Crippen LogP contribution in [0, 0.1) is 0 Å². The van der Waals surface area contributed by atoms with Gasteiger partial charge in [0.05, 0.1) is 22.3 Å². The van der Waals surface area contributed by atoms with E-state index in [1.165, 1.54) is 0 Å². The molecule has 0 aliphatic carbocycles. The zero-order valence-electron chi connectivity index (χ0n) is 13.6. The third-order valence-electron chi connectivity index (χ3n) is 3.73. The Morgan fingerprint density at radius 1 is 0.400 bits per heavy atom. The molecule has 0 saturated carbocycles. The van der Waals surface area contributed by atoms with Crippen molar-refractivity contribution >= 4 is 31.9 Å². The third kappa shape index (κ3) is 5.06. The van der Waals surface area contributed by atoms with E-state index in [0.29, 0.717) is 0 Å². The van der Waals surface area contributed by atoms with Gasteiger partial charge in [-0.1, -0.05) is 31.9 Å². The minimum atomic E-state index is -5.55. The first kappa shape index (κ1) is 24.8. The van der Waals surface area contributed by atoms with Gasteiger partial charge in [-0.3, -0.25) is 0 Å². The van der Waals surface area contributed by atoms with Gasteiger partial charge in [0.25, 0.3) is 0 Å². The van der Waals surface area contributed by atoms with Crippen molar-refractivity contribution in [2.24, 2.45) is 0 Å². The summed E-state index contributed by atoms with van der Waals surface area (Å²) in [7, 11) is 0. The molecule has 0 fully saturated rings. The van der Waals surface area contributed by atoms with Crippen LogP contribution in [0.2, 0.25) is 0 Å². The highest BCUT2D eigenvalue weighted by atomic mass is 79.9. The Labute approximate surface area is 176 Å². The Kier molecular flexibility index (Phi) is 6.29. The normalized spacial score (nSPS) is 13.7. The summed E-state index contributed by atoms with van der Waals surface area (Å²) in [5.41, 5.74) is -10.6. The smallest absolute Gasteiger partial charge is 0.166 e. The lowest BCUT2D eigenvalue weighted by atomic mass is 9.92. The number of halogens is 14. The molecule has 30 heavy (non-hydrogen) atoms. The summed E-state index contributed by atoms with van der Waals surface area (Å²) in [5.74, 6) is 0. The van der Waals surface area contributed by atoms with Gasteiger partial charge in [-0.15, -0.1) is 0 Å². The standard InChI is InChI=1S/C16H4Br2F12/c17-11-1-5(7(13(19,20)21)3-9(11)15(25,26)27)6-2-12(18)10(16(28,29)30)4-8(6)14(22,23)24/h1-4H. The van der Waals surface area contributed by atoms with E-state index in [-0.39, 0.29) is 12.1 Å². The quantitative estimate of drug-likeness (QED) is 0.294. The molecule has 0 amide bonds. The van der Waals surface area contributed by atoms with E-state index >= 15 is 0 Å². The number of rotatable bonds is 1. The summed E-state index contributed by atoms with van der Waals surface area (Å²) >= 11 is 4.72. The van der Waals surface area contributed by atoms with E-state index in [1.54, 1.807) is 0 Å². The van der Waals surface area contributed by atoms with Gasteiger partial charge < -0.3 is 0 Å². The fourth-order valence-electron chi connectivity index (χ4n) is 2.50. The SMILES string of the molecule is FC(F)(F)c1cc(C(F)(F)F)c(-c2cc(Br)c(C(F)(F)F)cc2C(F)(F)F)cc1Br. The van der Waals surface area contributed by atoms with E-state index in [4.69, 9.17) is 0 Å². The van der Waals surface area contributed by atoms with Crippen LogP contribution in [-0.4, -0.2) is 0 Å². The summed E-state index contributed by atoms with van der Waals surface area (Å²) in [6.45, 7) is 0. The van der Waals surface area contributed by atoms with Crippen LogP contribution in [0.3, 0.4) is 0 Å². The highest BCUT2D eigenvalue weighted by Gasteiger charge is 2.44. The van der Waals surface area contributed by atoms with Crippen LogP contribution in [-0.2, 0) is 24.7 Å². The molecule has 166 valence electrons. The maximum Gasteiger partial charge on any atom is 0.417 e. The zero-order valence-corrected chi connectivity index (χ0v) is 16.8. The van der Waals surface area contributed by atoms with Crippen LogP contribution in [0.15, 0.2) is 33.2 Å². The predicted molar refractivity (Wildman–Crippen MR) is 87.3 cm³/mol. The Hall–Kier alpha value is -1.44. The Bertz CT molecular complexity index is 885. The first-order valence-electron chi connectivity index (χ1n) is 7.21. The van der Waals surface area contributed by atoms with Gasteiger partial charge in [0.2, 0.25) is 0 Å². The van der Waals surface area contributed by atoms with E-state index in [0.717, 1.165) is 0 Å². The van der Waals surface area contributed by atoms with E-state index in [2.05, 4.69) is 31.9 Å².